The molecular formula is C19H25ClN2O3. The summed E-state index contributed by atoms with van der Waals surface area (Å²) in [6, 6.07) is 7.59. The molecule has 1 aliphatic heterocycles. The van der Waals surface area contributed by atoms with Gasteiger partial charge in [0.05, 0.1) is 19.6 Å². The average molecular weight is 365 g/mol. The minimum atomic E-state index is 0. The van der Waals surface area contributed by atoms with Gasteiger partial charge in [-0.2, -0.15) is 0 Å². The molecule has 0 radical (unpaired) electrons. The van der Waals surface area contributed by atoms with E-state index in [1.54, 1.807) is 31.6 Å². The number of benzene rings is 1. The fourth-order valence-electron chi connectivity index (χ4n) is 3.22. The quantitative estimate of drug-likeness (QED) is 0.855. The fourth-order valence-corrected chi connectivity index (χ4v) is 3.22. The predicted molar refractivity (Wildman–Crippen MR) is 99.4 cm³/mol. The second kappa shape index (κ2) is 8.92. The van der Waals surface area contributed by atoms with Crippen molar-refractivity contribution >= 4 is 18.3 Å². The molecular weight excluding hydrogens is 340 g/mol. The minimum Gasteiger partial charge on any atom is -0.496 e. The summed E-state index contributed by atoms with van der Waals surface area (Å²) in [5.74, 6) is 1.47. The maximum atomic E-state index is 12.7. The van der Waals surface area contributed by atoms with Gasteiger partial charge in [-0.25, -0.2) is 0 Å². The van der Waals surface area contributed by atoms with Gasteiger partial charge in [-0.1, -0.05) is 0 Å². The van der Waals surface area contributed by atoms with Gasteiger partial charge in [0.1, 0.15) is 5.75 Å². The largest absolute Gasteiger partial charge is 0.496 e. The Morgan fingerprint density at radius 2 is 2.24 bits per heavy atom. The Hall–Kier alpha value is -1.98. The van der Waals surface area contributed by atoms with E-state index in [2.05, 4.69) is 5.32 Å². The van der Waals surface area contributed by atoms with E-state index in [1.165, 1.54) is 6.42 Å². The van der Waals surface area contributed by atoms with E-state index >= 15 is 0 Å². The highest BCUT2D eigenvalue weighted by Crippen LogP contribution is 2.26. The lowest BCUT2D eigenvalue weighted by molar-refractivity contribution is 0.0784. The van der Waals surface area contributed by atoms with Crippen molar-refractivity contribution in [1.82, 2.24) is 10.2 Å². The molecule has 0 spiro atoms. The van der Waals surface area contributed by atoms with Crippen molar-refractivity contribution in [1.29, 1.82) is 0 Å². The monoisotopic (exact) mass is 364 g/mol. The number of methoxy groups -OCH3 is 1. The summed E-state index contributed by atoms with van der Waals surface area (Å²) in [7, 11) is 3.48. The number of halogens is 1. The highest BCUT2D eigenvalue weighted by atomic mass is 35.5. The first-order chi connectivity index (χ1) is 11.7. The molecule has 1 N–H and O–H groups in total. The van der Waals surface area contributed by atoms with Crippen LogP contribution in [0.1, 0.15) is 27.9 Å². The van der Waals surface area contributed by atoms with Gasteiger partial charge >= 0.3 is 0 Å². The van der Waals surface area contributed by atoms with Crippen LogP contribution >= 0.6 is 12.4 Å². The molecule has 1 amide bonds. The van der Waals surface area contributed by atoms with E-state index < -0.39 is 0 Å². The maximum Gasteiger partial charge on any atom is 0.253 e. The first-order valence-electron chi connectivity index (χ1n) is 8.31. The Balaban J connectivity index is 0.00000225. The Morgan fingerprint density at radius 1 is 1.40 bits per heavy atom. The van der Waals surface area contributed by atoms with Crippen molar-refractivity contribution in [2.75, 3.05) is 27.2 Å². The SMILES string of the molecule is COc1ccc(C(=O)N(C)Cc2ccoc2)cc1CC1CCNC1.Cl. The van der Waals surface area contributed by atoms with Crippen LogP contribution in [0, 0.1) is 5.92 Å². The van der Waals surface area contributed by atoms with Crippen molar-refractivity contribution < 1.29 is 13.9 Å². The Kier molecular flexibility index (Phi) is 6.91. The fraction of sp³-hybridized carbons (Fsp3) is 0.421. The third-order valence-corrected chi connectivity index (χ3v) is 4.54. The second-order valence-corrected chi connectivity index (χ2v) is 6.38. The van der Waals surface area contributed by atoms with Gasteiger partial charge in [-0.15, -0.1) is 12.4 Å². The third kappa shape index (κ3) is 4.77. The van der Waals surface area contributed by atoms with Crippen LogP contribution in [-0.2, 0) is 13.0 Å². The van der Waals surface area contributed by atoms with Crippen molar-refractivity contribution in [3.63, 3.8) is 0 Å². The van der Waals surface area contributed by atoms with Crippen molar-refractivity contribution in [3.05, 3.63) is 53.5 Å². The summed E-state index contributed by atoms with van der Waals surface area (Å²) in [6.07, 6.45) is 5.38. The summed E-state index contributed by atoms with van der Waals surface area (Å²) in [5.41, 5.74) is 2.79. The van der Waals surface area contributed by atoms with E-state index in [4.69, 9.17) is 9.15 Å². The molecule has 1 saturated heterocycles. The zero-order valence-corrected chi connectivity index (χ0v) is 15.5. The van der Waals surface area contributed by atoms with Crippen LogP contribution in [0.5, 0.6) is 5.75 Å². The number of nitrogens with one attached hydrogen (secondary N) is 1. The summed E-state index contributed by atoms with van der Waals surface area (Å²) < 4.78 is 10.5. The topological polar surface area (TPSA) is 54.7 Å². The molecule has 1 aromatic heterocycles. The Labute approximate surface area is 154 Å². The highest BCUT2D eigenvalue weighted by molar-refractivity contribution is 5.94. The second-order valence-electron chi connectivity index (χ2n) is 6.38. The van der Waals surface area contributed by atoms with Gasteiger partial charge in [0.15, 0.2) is 0 Å². The van der Waals surface area contributed by atoms with Crippen molar-refractivity contribution in [2.24, 2.45) is 5.92 Å². The maximum absolute atomic E-state index is 12.7. The summed E-state index contributed by atoms with van der Waals surface area (Å²) in [6.45, 7) is 2.63. The number of amides is 1. The lowest BCUT2D eigenvalue weighted by Gasteiger charge is -2.18. The summed E-state index contributed by atoms with van der Waals surface area (Å²) >= 11 is 0. The molecule has 1 fully saturated rings. The lowest BCUT2D eigenvalue weighted by atomic mass is 9.96. The standard InChI is InChI=1S/C19H24N2O3.ClH/c1-21(12-15-6-8-24-13-15)19(22)16-3-4-18(23-2)17(10-16)9-14-5-7-20-11-14;/h3-4,6,8,10,13-14,20H,5,7,9,11-12H2,1-2H3;1H. The van der Waals surface area contributed by atoms with Crippen LogP contribution < -0.4 is 10.1 Å². The Morgan fingerprint density at radius 3 is 2.88 bits per heavy atom. The lowest BCUT2D eigenvalue weighted by Crippen LogP contribution is -2.26. The number of carbonyl (C=O) groups excluding carboxylic acids is 1. The number of rotatable bonds is 6. The van der Waals surface area contributed by atoms with Gasteiger partial charge in [0.25, 0.3) is 5.91 Å². The van der Waals surface area contributed by atoms with Crippen LogP contribution in [0.4, 0.5) is 0 Å². The molecule has 2 aromatic rings. The highest BCUT2D eigenvalue weighted by Gasteiger charge is 2.19. The van der Waals surface area contributed by atoms with Gasteiger partial charge in [-0.05, 0) is 61.7 Å². The molecule has 136 valence electrons. The van der Waals surface area contributed by atoms with Crippen LogP contribution in [0.25, 0.3) is 0 Å². The normalized spacial score (nSPS) is 16.3. The van der Waals surface area contributed by atoms with Crippen molar-refractivity contribution in [2.45, 2.75) is 19.4 Å². The van der Waals surface area contributed by atoms with Crippen molar-refractivity contribution in [3.8, 4) is 5.75 Å². The number of hydrogen-bond acceptors (Lipinski definition) is 4. The molecule has 2 heterocycles. The van der Waals surface area contributed by atoms with Gasteiger partial charge < -0.3 is 19.4 Å². The zero-order chi connectivity index (χ0) is 16.9. The van der Waals surface area contributed by atoms with Gasteiger partial charge in [0.2, 0.25) is 0 Å². The van der Waals surface area contributed by atoms with Crippen LogP contribution in [0.3, 0.4) is 0 Å². The smallest absolute Gasteiger partial charge is 0.253 e. The van der Waals surface area contributed by atoms with Crippen LogP contribution in [-0.4, -0.2) is 38.1 Å². The minimum absolute atomic E-state index is 0. The van der Waals surface area contributed by atoms with Gasteiger partial charge in [0, 0.05) is 24.7 Å². The average Bonchev–Trinajstić information content (AvgIpc) is 3.28. The first-order valence-corrected chi connectivity index (χ1v) is 8.31. The molecule has 1 atom stereocenters. The van der Waals surface area contributed by atoms with E-state index in [0.717, 1.165) is 36.4 Å². The van der Waals surface area contributed by atoms with E-state index in [1.807, 2.05) is 24.3 Å². The van der Waals surface area contributed by atoms with E-state index in [0.29, 0.717) is 18.0 Å². The molecule has 6 heteroatoms. The molecule has 0 bridgehead atoms. The molecule has 1 unspecified atom stereocenters. The Bertz CT molecular complexity index is 682. The predicted octanol–water partition coefficient (Wildman–Crippen LogP) is 3.13. The number of ether oxygens (including phenoxy) is 1. The molecule has 25 heavy (non-hydrogen) atoms. The molecule has 5 nitrogen and oxygen atoms in total. The summed E-state index contributed by atoms with van der Waals surface area (Å²) in [4.78, 5) is 14.4. The molecule has 1 aliphatic rings. The van der Waals surface area contributed by atoms with E-state index in [9.17, 15) is 4.79 Å². The number of furan rings is 1. The molecule has 3 rings (SSSR count). The van der Waals surface area contributed by atoms with Crippen LogP contribution in [0.2, 0.25) is 0 Å². The van der Waals surface area contributed by atoms with Crippen LogP contribution in [0.15, 0.2) is 41.2 Å². The van der Waals surface area contributed by atoms with E-state index in [-0.39, 0.29) is 18.3 Å². The number of hydrogen-bond donors (Lipinski definition) is 1. The first kappa shape index (κ1) is 19.3. The summed E-state index contributed by atoms with van der Waals surface area (Å²) in [5, 5.41) is 3.39. The zero-order valence-electron chi connectivity index (χ0n) is 14.7. The third-order valence-electron chi connectivity index (χ3n) is 4.54. The number of nitrogens with zero attached hydrogens (tertiary/aromatic N) is 1. The molecule has 1 aromatic carbocycles. The number of carbonyl (C=O) groups is 1. The molecule has 0 aliphatic carbocycles. The van der Waals surface area contributed by atoms with Gasteiger partial charge in [-0.3, -0.25) is 4.79 Å². The molecule has 0 saturated carbocycles.